The Kier molecular flexibility index (Phi) is 4.95. The van der Waals surface area contributed by atoms with E-state index in [-0.39, 0.29) is 18.4 Å². The van der Waals surface area contributed by atoms with Crippen molar-refractivity contribution >= 4 is 17.5 Å². The molecule has 0 saturated heterocycles. The second kappa shape index (κ2) is 6.25. The molecule has 0 amide bonds. The maximum Gasteiger partial charge on any atom is 0.364 e. The molecule has 1 aliphatic carbocycles. The van der Waals surface area contributed by atoms with E-state index in [1.165, 1.54) is 6.92 Å². The predicted molar refractivity (Wildman–Crippen MR) is 58.1 cm³/mol. The number of nitrogens with zero attached hydrogens (tertiary/aromatic N) is 1. The number of hydrogen-bond donors (Lipinski definition) is 0. The lowest BCUT2D eigenvalue weighted by Gasteiger charge is -2.07. The molecule has 0 aromatic carbocycles. The molecule has 5 heteroatoms. The Labute approximate surface area is 94.8 Å². The molecule has 0 spiro atoms. The molecule has 0 bridgehead atoms. The lowest BCUT2D eigenvalue weighted by molar-refractivity contribution is -0.136. The molecule has 1 saturated carbocycles. The summed E-state index contributed by atoms with van der Waals surface area (Å²) in [5.74, 6) is -1.15. The smallest absolute Gasteiger partial charge is 0.364 e. The van der Waals surface area contributed by atoms with Crippen molar-refractivity contribution in [2.24, 2.45) is 5.16 Å². The van der Waals surface area contributed by atoms with Gasteiger partial charge in [0, 0.05) is 6.92 Å². The highest BCUT2D eigenvalue weighted by Gasteiger charge is 2.21. The molecule has 5 nitrogen and oxygen atoms in total. The summed E-state index contributed by atoms with van der Waals surface area (Å²) in [5.41, 5.74) is -0.256. The van der Waals surface area contributed by atoms with Gasteiger partial charge in [0.05, 0.1) is 6.61 Å². The Hall–Kier alpha value is -1.39. The fourth-order valence-corrected chi connectivity index (χ4v) is 1.57. The van der Waals surface area contributed by atoms with Crippen molar-refractivity contribution in [3.05, 3.63) is 0 Å². The van der Waals surface area contributed by atoms with Crippen molar-refractivity contribution in [3.8, 4) is 0 Å². The van der Waals surface area contributed by atoms with E-state index in [0.29, 0.717) is 0 Å². The van der Waals surface area contributed by atoms with Crippen molar-refractivity contribution in [1.29, 1.82) is 0 Å². The normalized spacial score (nSPS) is 17.2. The third-order valence-electron chi connectivity index (χ3n) is 2.40. The van der Waals surface area contributed by atoms with Crippen molar-refractivity contribution in [2.75, 3.05) is 6.61 Å². The Morgan fingerprint density at radius 1 is 1.31 bits per heavy atom. The van der Waals surface area contributed by atoms with Crippen molar-refractivity contribution in [3.63, 3.8) is 0 Å². The van der Waals surface area contributed by atoms with Crippen LogP contribution < -0.4 is 0 Å². The standard InChI is InChI=1S/C11H17NO4/c1-3-15-11(14)10(8(2)13)12-16-9-6-4-5-7-9/h9H,3-7H2,1-2H3/b12-10+. The lowest BCUT2D eigenvalue weighted by Crippen LogP contribution is -2.25. The first kappa shape index (κ1) is 12.7. The number of rotatable bonds is 5. The molecular formula is C11H17NO4. The van der Waals surface area contributed by atoms with E-state index in [4.69, 9.17) is 9.57 Å². The first-order chi connectivity index (χ1) is 7.65. The Balaban J connectivity index is 2.57. The van der Waals surface area contributed by atoms with Crippen LogP contribution in [0.5, 0.6) is 0 Å². The Bertz CT molecular complexity index is 292. The van der Waals surface area contributed by atoms with Crippen LogP contribution >= 0.6 is 0 Å². The highest BCUT2D eigenvalue weighted by atomic mass is 16.6. The number of carbonyl (C=O) groups excluding carboxylic acids is 2. The zero-order valence-electron chi connectivity index (χ0n) is 9.69. The molecule has 0 atom stereocenters. The van der Waals surface area contributed by atoms with Gasteiger partial charge in [-0.05, 0) is 32.6 Å². The average molecular weight is 227 g/mol. The minimum atomic E-state index is -0.715. The van der Waals surface area contributed by atoms with Crippen LogP contribution in [0.25, 0.3) is 0 Å². The average Bonchev–Trinajstić information content (AvgIpc) is 2.70. The van der Waals surface area contributed by atoms with E-state index in [0.717, 1.165) is 25.7 Å². The van der Waals surface area contributed by atoms with E-state index in [2.05, 4.69) is 5.16 Å². The second-order valence-electron chi connectivity index (χ2n) is 3.73. The van der Waals surface area contributed by atoms with Crippen LogP contribution in [0.2, 0.25) is 0 Å². The summed E-state index contributed by atoms with van der Waals surface area (Å²) in [5, 5.41) is 3.62. The van der Waals surface area contributed by atoms with E-state index in [1.54, 1.807) is 6.92 Å². The Morgan fingerprint density at radius 2 is 1.94 bits per heavy atom. The van der Waals surface area contributed by atoms with Crippen LogP contribution in [0.3, 0.4) is 0 Å². The lowest BCUT2D eigenvalue weighted by atomic mass is 10.3. The molecule has 0 heterocycles. The van der Waals surface area contributed by atoms with Gasteiger partial charge in [-0.25, -0.2) is 4.79 Å². The summed E-state index contributed by atoms with van der Waals surface area (Å²) in [6.45, 7) is 3.16. The van der Waals surface area contributed by atoms with Gasteiger partial charge >= 0.3 is 5.97 Å². The fourth-order valence-electron chi connectivity index (χ4n) is 1.57. The quantitative estimate of drug-likeness (QED) is 0.308. The molecule has 1 rings (SSSR count). The molecule has 0 aliphatic heterocycles. The first-order valence-electron chi connectivity index (χ1n) is 5.57. The maximum atomic E-state index is 11.3. The molecule has 90 valence electrons. The zero-order valence-corrected chi connectivity index (χ0v) is 9.69. The van der Waals surface area contributed by atoms with E-state index in [9.17, 15) is 9.59 Å². The summed E-state index contributed by atoms with van der Waals surface area (Å²) >= 11 is 0. The third-order valence-corrected chi connectivity index (χ3v) is 2.40. The van der Waals surface area contributed by atoms with Crippen LogP contribution in [0.4, 0.5) is 0 Å². The van der Waals surface area contributed by atoms with E-state index < -0.39 is 11.8 Å². The van der Waals surface area contributed by atoms with Gasteiger partial charge in [0.1, 0.15) is 6.10 Å². The van der Waals surface area contributed by atoms with Gasteiger partial charge < -0.3 is 9.57 Å². The van der Waals surface area contributed by atoms with Gasteiger partial charge in [0.2, 0.25) is 5.71 Å². The summed E-state index contributed by atoms with van der Waals surface area (Å²) in [6, 6.07) is 0. The summed E-state index contributed by atoms with van der Waals surface area (Å²) < 4.78 is 4.71. The van der Waals surface area contributed by atoms with Gasteiger partial charge in [-0.1, -0.05) is 5.16 Å². The number of hydrogen-bond acceptors (Lipinski definition) is 5. The summed E-state index contributed by atoms with van der Waals surface area (Å²) in [4.78, 5) is 27.6. The molecule has 1 aliphatic rings. The number of ether oxygens (including phenoxy) is 1. The number of esters is 1. The largest absolute Gasteiger partial charge is 0.461 e. The molecule has 0 aromatic rings. The number of ketones is 1. The predicted octanol–water partition coefficient (Wildman–Crippen LogP) is 1.45. The highest BCUT2D eigenvalue weighted by molar-refractivity contribution is 6.63. The first-order valence-corrected chi connectivity index (χ1v) is 5.57. The van der Waals surface area contributed by atoms with Crippen LogP contribution in [0.1, 0.15) is 39.5 Å². The highest BCUT2D eigenvalue weighted by Crippen LogP contribution is 2.21. The third kappa shape index (κ3) is 3.64. The van der Waals surface area contributed by atoms with Gasteiger partial charge in [-0.15, -0.1) is 0 Å². The van der Waals surface area contributed by atoms with Crippen molar-refractivity contribution < 1.29 is 19.2 Å². The number of Topliss-reactive ketones (excluding diaryl/α,β-unsaturated/α-hetero) is 1. The van der Waals surface area contributed by atoms with Crippen LogP contribution in [-0.4, -0.2) is 30.2 Å². The van der Waals surface area contributed by atoms with Crippen LogP contribution in [-0.2, 0) is 19.2 Å². The van der Waals surface area contributed by atoms with E-state index >= 15 is 0 Å². The molecule has 0 N–H and O–H groups in total. The Morgan fingerprint density at radius 3 is 2.44 bits per heavy atom. The topological polar surface area (TPSA) is 65.0 Å². The summed E-state index contributed by atoms with van der Waals surface area (Å²) in [6.07, 6.45) is 4.10. The molecule has 16 heavy (non-hydrogen) atoms. The van der Waals surface area contributed by atoms with Gasteiger partial charge in [0.25, 0.3) is 0 Å². The zero-order chi connectivity index (χ0) is 12.0. The minimum absolute atomic E-state index is 0.0313. The van der Waals surface area contributed by atoms with Crippen molar-refractivity contribution in [1.82, 2.24) is 0 Å². The minimum Gasteiger partial charge on any atom is -0.461 e. The van der Waals surface area contributed by atoms with Crippen molar-refractivity contribution in [2.45, 2.75) is 45.6 Å². The van der Waals surface area contributed by atoms with Crippen LogP contribution in [0.15, 0.2) is 5.16 Å². The SMILES string of the molecule is CCOC(=O)/C(=N/OC1CCCC1)C(C)=O. The second-order valence-corrected chi connectivity index (χ2v) is 3.73. The van der Waals surface area contributed by atoms with Crippen LogP contribution in [0, 0.1) is 0 Å². The van der Waals surface area contributed by atoms with Gasteiger partial charge in [-0.3, -0.25) is 4.79 Å². The van der Waals surface area contributed by atoms with Gasteiger partial charge in [-0.2, -0.15) is 0 Å². The number of carbonyl (C=O) groups is 2. The molecule has 1 fully saturated rings. The molecule has 0 unspecified atom stereocenters. The maximum absolute atomic E-state index is 11.3. The molecule has 0 radical (unpaired) electrons. The fraction of sp³-hybridized carbons (Fsp3) is 0.727. The molecule has 0 aromatic heterocycles. The van der Waals surface area contributed by atoms with Gasteiger partial charge in [0.15, 0.2) is 5.78 Å². The summed E-state index contributed by atoms with van der Waals surface area (Å²) in [7, 11) is 0. The molecular weight excluding hydrogens is 210 g/mol. The number of oxime groups is 1. The van der Waals surface area contributed by atoms with E-state index in [1.807, 2.05) is 0 Å². The monoisotopic (exact) mass is 227 g/mol.